The van der Waals surface area contributed by atoms with Crippen LogP contribution in [0.25, 0.3) is 0 Å². The molecule has 3 nitrogen and oxygen atoms in total. The maximum atomic E-state index is 13.1. The number of rotatable bonds is 6. The van der Waals surface area contributed by atoms with Crippen LogP contribution >= 0.6 is 0 Å². The molecule has 4 heteroatoms. The number of aromatic carboxylic acids is 1. The lowest BCUT2D eigenvalue weighted by molar-refractivity contribution is 0.0693. The molecule has 0 aromatic heterocycles. The van der Waals surface area contributed by atoms with E-state index in [2.05, 4.69) is 25.7 Å². The standard InChI is InChI=1S/C15H22FNO2/c1-10(2)7-11(3)17(4)9-12-5-6-13(16)8-14(12)15(18)19/h5-6,8,10-11H,7,9H2,1-4H3,(H,18,19). The van der Waals surface area contributed by atoms with E-state index in [1.54, 1.807) is 6.07 Å². The molecule has 0 saturated carbocycles. The van der Waals surface area contributed by atoms with E-state index in [0.717, 1.165) is 12.5 Å². The largest absolute Gasteiger partial charge is 0.478 e. The molecule has 1 rings (SSSR count). The number of carboxylic acids is 1. The summed E-state index contributed by atoms with van der Waals surface area (Å²) in [5.74, 6) is -1.01. The van der Waals surface area contributed by atoms with Gasteiger partial charge in [0.1, 0.15) is 5.82 Å². The number of benzene rings is 1. The molecule has 0 heterocycles. The molecule has 0 spiro atoms. The van der Waals surface area contributed by atoms with Crippen molar-refractivity contribution in [2.24, 2.45) is 5.92 Å². The predicted molar refractivity (Wildman–Crippen MR) is 73.7 cm³/mol. The van der Waals surface area contributed by atoms with E-state index in [1.807, 2.05) is 7.05 Å². The number of carbonyl (C=O) groups is 1. The number of hydrogen-bond donors (Lipinski definition) is 1. The minimum atomic E-state index is -1.08. The maximum Gasteiger partial charge on any atom is 0.336 e. The van der Waals surface area contributed by atoms with Crippen LogP contribution in [0.2, 0.25) is 0 Å². The smallest absolute Gasteiger partial charge is 0.336 e. The van der Waals surface area contributed by atoms with Gasteiger partial charge >= 0.3 is 5.97 Å². The van der Waals surface area contributed by atoms with Gasteiger partial charge in [-0.05, 0) is 44.0 Å². The van der Waals surface area contributed by atoms with Crippen molar-refractivity contribution in [3.8, 4) is 0 Å². The zero-order chi connectivity index (χ0) is 14.6. The molecule has 1 N–H and O–H groups in total. The Morgan fingerprint density at radius 1 is 1.37 bits per heavy atom. The molecule has 106 valence electrons. The van der Waals surface area contributed by atoms with E-state index in [0.29, 0.717) is 24.1 Å². The van der Waals surface area contributed by atoms with Crippen molar-refractivity contribution in [3.05, 3.63) is 35.1 Å². The fourth-order valence-corrected chi connectivity index (χ4v) is 2.17. The third-order valence-corrected chi connectivity index (χ3v) is 3.29. The molecule has 0 fully saturated rings. The average Bonchev–Trinajstić information content (AvgIpc) is 2.30. The van der Waals surface area contributed by atoms with Gasteiger partial charge in [0.2, 0.25) is 0 Å². The SMILES string of the molecule is CC(C)CC(C)N(C)Cc1ccc(F)cc1C(=O)O. The number of hydrogen-bond acceptors (Lipinski definition) is 2. The zero-order valence-corrected chi connectivity index (χ0v) is 12.0. The fraction of sp³-hybridized carbons (Fsp3) is 0.533. The summed E-state index contributed by atoms with van der Waals surface area (Å²) >= 11 is 0. The third kappa shape index (κ3) is 4.63. The van der Waals surface area contributed by atoms with E-state index in [4.69, 9.17) is 5.11 Å². The second-order valence-corrected chi connectivity index (χ2v) is 5.50. The van der Waals surface area contributed by atoms with Crippen LogP contribution in [0.1, 0.15) is 43.1 Å². The molecule has 0 saturated heterocycles. The molecule has 0 radical (unpaired) electrons. The Hall–Kier alpha value is -1.42. The van der Waals surface area contributed by atoms with Gasteiger partial charge in [-0.2, -0.15) is 0 Å². The number of nitrogens with zero attached hydrogens (tertiary/aromatic N) is 1. The third-order valence-electron chi connectivity index (χ3n) is 3.29. The van der Waals surface area contributed by atoms with E-state index in [9.17, 15) is 9.18 Å². The van der Waals surface area contributed by atoms with Crippen molar-refractivity contribution in [1.29, 1.82) is 0 Å². The van der Waals surface area contributed by atoms with E-state index >= 15 is 0 Å². The minimum Gasteiger partial charge on any atom is -0.478 e. The Labute approximate surface area is 114 Å². The quantitative estimate of drug-likeness (QED) is 0.859. The molecular formula is C15H22FNO2. The lowest BCUT2D eigenvalue weighted by Gasteiger charge is -2.26. The van der Waals surface area contributed by atoms with Gasteiger partial charge in [0, 0.05) is 12.6 Å². The highest BCUT2D eigenvalue weighted by Gasteiger charge is 2.16. The van der Waals surface area contributed by atoms with Crippen LogP contribution in [0.15, 0.2) is 18.2 Å². The highest BCUT2D eigenvalue weighted by atomic mass is 19.1. The summed E-state index contributed by atoms with van der Waals surface area (Å²) in [5.41, 5.74) is 0.690. The second kappa shape index (κ2) is 6.66. The molecule has 1 unspecified atom stereocenters. The van der Waals surface area contributed by atoms with Crippen LogP contribution in [-0.4, -0.2) is 29.1 Å². The van der Waals surface area contributed by atoms with Crippen LogP contribution < -0.4 is 0 Å². The van der Waals surface area contributed by atoms with Crippen LogP contribution in [0, 0.1) is 11.7 Å². The van der Waals surface area contributed by atoms with Crippen molar-refractivity contribution in [3.63, 3.8) is 0 Å². The monoisotopic (exact) mass is 267 g/mol. The molecule has 1 atom stereocenters. The molecule has 0 bridgehead atoms. The Balaban J connectivity index is 2.84. The lowest BCUT2D eigenvalue weighted by Crippen LogP contribution is -2.30. The van der Waals surface area contributed by atoms with Gasteiger partial charge in [-0.3, -0.25) is 4.90 Å². The van der Waals surface area contributed by atoms with Gasteiger partial charge in [-0.15, -0.1) is 0 Å². The average molecular weight is 267 g/mol. The molecule has 19 heavy (non-hydrogen) atoms. The lowest BCUT2D eigenvalue weighted by atomic mass is 10.0. The molecule has 0 aliphatic carbocycles. The summed E-state index contributed by atoms with van der Waals surface area (Å²) in [5, 5.41) is 9.10. The maximum absolute atomic E-state index is 13.1. The van der Waals surface area contributed by atoms with Crippen molar-refractivity contribution in [2.45, 2.75) is 39.8 Å². The molecule has 1 aromatic rings. The van der Waals surface area contributed by atoms with Gasteiger partial charge in [-0.25, -0.2) is 9.18 Å². The summed E-state index contributed by atoms with van der Waals surface area (Å²) in [6.45, 7) is 6.94. The van der Waals surface area contributed by atoms with Crippen LogP contribution in [0.3, 0.4) is 0 Å². The molecule has 0 aliphatic rings. The van der Waals surface area contributed by atoms with Crippen molar-refractivity contribution >= 4 is 5.97 Å². The second-order valence-electron chi connectivity index (χ2n) is 5.50. The molecule has 1 aromatic carbocycles. The van der Waals surface area contributed by atoms with Crippen LogP contribution in [0.5, 0.6) is 0 Å². The topological polar surface area (TPSA) is 40.5 Å². The van der Waals surface area contributed by atoms with Crippen molar-refractivity contribution < 1.29 is 14.3 Å². The number of carboxylic acid groups (broad SMARTS) is 1. The van der Waals surface area contributed by atoms with Crippen LogP contribution in [-0.2, 0) is 6.54 Å². The highest BCUT2D eigenvalue weighted by molar-refractivity contribution is 5.89. The summed E-state index contributed by atoms with van der Waals surface area (Å²) in [7, 11) is 1.96. The Morgan fingerprint density at radius 2 is 2.00 bits per heavy atom. The summed E-state index contributed by atoms with van der Waals surface area (Å²) in [4.78, 5) is 13.2. The van der Waals surface area contributed by atoms with Crippen LogP contribution in [0.4, 0.5) is 4.39 Å². The number of halogens is 1. The first-order valence-electron chi connectivity index (χ1n) is 6.53. The normalized spacial score (nSPS) is 13.0. The Bertz CT molecular complexity index is 446. The van der Waals surface area contributed by atoms with Gasteiger partial charge in [-0.1, -0.05) is 19.9 Å². The summed E-state index contributed by atoms with van der Waals surface area (Å²) in [6.07, 6.45) is 1.04. The minimum absolute atomic E-state index is 0.0450. The Morgan fingerprint density at radius 3 is 2.53 bits per heavy atom. The van der Waals surface area contributed by atoms with Crippen molar-refractivity contribution in [2.75, 3.05) is 7.05 Å². The summed E-state index contributed by atoms with van der Waals surface area (Å²) in [6, 6.07) is 4.30. The summed E-state index contributed by atoms with van der Waals surface area (Å²) < 4.78 is 13.1. The highest BCUT2D eigenvalue weighted by Crippen LogP contribution is 2.17. The van der Waals surface area contributed by atoms with E-state index < -0.39 is 11.8 Å². The van der Waals surface area contributed by atoms with Gasteiger partial charge in [0.25, 0.3) is 0 Å². The first kappa shape index (κ1) is 15.6. The van der Waals surface area contributed by atoms with Gasteiger partial charge in [0.15, 0.2) is 0 Å². The first-order chi connectivity index (χ1) is 8.81. The molecule has 0 aliphatic heterocycles. The van der Waals surface area contributed by atoms with Gasteiger partial charge < -0.3 is 5.11 Å². The molecular weight excluding hydrogens is 245 g/mol. The predicted octanol–water partition coefficient (Wildman–Crippen LogP) is 3.39. The first-order valence-corrected chi connectivity index (χ1v) is 6.53. The fourth-order valence-electron chi connectivity index (χ4n) is 2.17. The molecule has 0 amide bonds. The van der Waals surface area contributed by atoms with E-state index in [-0.39, 0.29) is 5.56 Å². The van der Waals surface area contributed by atoms with Gasteiger partial charge in [0.05, 0.1) is 5.56 Å². The van der Waals surface area contributed by atoms with E-state index in [1.165, 1.54) is 6.07 Å². The zero-order valence-electron chi connectivity index (χ0n) is 12.0. The Kier molecular flexibility index (Phi) is 5.48. The van der Waals surface area contributed by atoms with Crippen molar-refractivity contribution in [1.82, 2.24) is 4.90 Å².